The standard InChI is InChI=1S/C21H25N5O3/c27-21-23-20(24-29-21)19-8-7-18(15-22-19)28-14-4-9-25-10-12-26(13-11-25)16-17-5-2-1-3-6-17/h1-3,5-8,15H,4,9-14,16H2,(H,23,24,27). The van der Waals surface area contributed by atoms with Gasteiger partial charge in [0.25, 0.3) is 0 Å². The Labute approximate surface area is 169 Å². The molecular formula is C21H25N5O3. The molecule has 1 aliphatic heterocycles. The number of piperazine rings is 1. The summed E-state index contributed by atoms with van der Waals surface area (Å²) in [5.74, 6) is 0.420. The Morgan fingerprint density at radius 3 is 2.52 bits per heavy atom. The molecule has 0 spiro atoms. The number of pyridine rings is 1. The third kappa shape index (κ3) is 5.52. The van der Waals surface area contributed by atoms with Gasteiger partial charge in [0, 0.05) is 39.3 Å². The molecule has 2 aromatic heterocycles. The van der Waals surface area contributed by atoms with Crippen LogP contribution in [0.5, 0.6) is 5.75 Å². The van der Waals surface area contributed by atoms with Crippen LogP contribution in [0.25, 0.3) is 11.5 Å². The number of H-pyrrole nitrogens is 1. The zero-order valence-corrected chi connectivity index (χ0v) is 16.3. The molecule has 152 valence electrons. The zero-order valence-electron chi connectivity index (χ0n) is 16.3. The molecular weight excluding hydrogens is 370 g/mol. The quantitative estimate of drug-likeness (QED) is 0.584. The minimum Gasteiger partial charge on any atom is -0.492 e. The molecule has 0 aliphatic carbocycles. The second-order valence-corrected chi connectivity index (χ2v) is 7.13. The van der Waals surface area contributed by atoms with Crippen molar-refractivity contribution in [3.8, 4) is 17.3 Å². The fourth-order valence-electron chi connectivity index (χ4n) is 3.44. The summed E-state index contributed by atoms with van der Waals surface area (Å²) < 4.78 is 10.3. The number of nitrogens with zero attached hydrogens (tertiary/aromatic N) is 4. The molecule has 0 unspecified atom stereocenters. The number of nitrogens with one attached hydrogen (secondary N) is 1. The lowest BCUT2D eigenvalue weighted by atomic mass is 10.2. The Balaban J connectivity index is 1.14. The monoisotopic (exact) mass is 395 g/mol. The first-order chi connectivity index (χ1) is 14.3. The molecule has 0 amide bonds. The van der Waals surface area contributed by atoms with Crippen molar-refractivity contribution in [2.45, 2.75) is 13.0 Å². The van der Waals surface area contributed by atoms with Crippen molar-refractivity contribution in [1.29, 1.82) is 0 Å². The van der Waals surface area contributed by atoms with E-state index in [2.05, 4.69) is 59.8 Å². The summed E-state index contributed by atoms with van der Waals surface area (Å²) in [6, 6.07) is 14.2. The van der Waals surface area contributed by atoms with Gasteiger partial charge in [0.05, 0.1) is 12.8 Å². The topological polar surface area (TPSA) is 87.5 Å². The summed E-state index contributed by atoms with van der Waals surface area (Å²) in [4.78, 5) is 22.7. The van der Waals surface area contributed by atoms with E-state index in [0.29, 0.717) is 23.9 Å². The minimum absolute atomic E-state index is 0.313. The van der Waals surface area contributed by atoms with Crippen molar-refractivity contribution >= 4 is 0 Å². The SMILES string of the molecule is O=c1[nH]c(-c2ccc(OCCCN3CCN(Cc4ccccc4)CC3)cn2)no1. The number of aromatic amines is 1. The van der Waals surface area contributed by atoms with Crippen LogP contribution < -0.4 is 10.5 Å². The van der Waals surface area contributed by atoms with Gasteiger partial charge in [-0.2, -0.15) is 0 Å². The molecule has 0 radical (unpaired) electrons. The van der Waals surface area contributed by atoms with Crippen molar-refractivity contribution < 1.29 is 9.26 Å². The summed E-state index contributed by atoms with van der Waals surface area (Å²) in [6.07, 6.45) is 2.60. The van der Waals surface area contributed by atoms with Crippen LogP contribution in [0.1, 0.15) is 12.0 Å². The lowest BCUT2D eigenvalue weighted by Gasteiger charge is -2.34. The van der Waals surface area contributed by atoms with E-state index in [1.54, 1.807) is 12.3 Å². The highest BCUT2D eigenvalue weighted by Crippen LogP contribution is 2.15. The zero-order chi connectivity index (χ0) is 19.9. The summed E-state index contributed by atoms with van der Waals surface area (Å²) in [5.41, 5.74) is 1.92. The molecule has 1 N–H and O–H groups in total. The van der Waals surface area contributed by atoms with Gasteiger partial charge in [-0.25, -0.2) is 9.78 Å². The van der Waals surface area contributed by atoms with Crippen LogP contribution >= 0.6 is 0 Å². The van der Waals surface area contributed by atoms with Crippen molar-refractivity contribution in [3.63, 3.8) is 0 Å². The highest BCUT2D eigenvalue weighted by molar-refractivity contribution is 5.48. The normalized spacial score (nSPS) is 15.4. The van der Waals surface area contributed by atoms with E-state index in [0.717, 1.165) is 45.7 Å². The van der Waals surface area contributed by atoms with Crippen LogP contribution in [0.3, 0.4) is 0 Å². The fraction of sp³-hybridized carbons (Fsp3) is 0.381. The number of hydrogen-bond donors (Lipinski definition) is 1. The molecule has 0 saturated carbocycles. The Kier molecular flexibility index (Phi) is 6.33. The Morgan fingerprint density at radius 1 is 1.03 bits per heavy atom. The first-order valence-corrected chi connectivity index (χ1v) is 9.90. The van der Waals surface area contributed by atoms with Gasteiger partial charge in [0.15, 0.2) is 0 Å². The van der Waals surface area contributed by atoms with Gasteiger partial charge in [0.1, 0.15) is 11.4 Å². The average Bonchev–Trinajstić information content (AvgIpc) is 3.20. The predicted octanol–water partition coefficient (Wildman–Crippen LogP) is 2.01. The maximum Gasteiger partial charge on any atom is 0.439 e. The Bertz CT molecular complexity index is 931. The van der Waals surface area contributed by atoms with Crippen molar-refractivity contribution in [3.05, 3.63) is 64.8 Å². The average molecular weight is 395 g/mol. The molecule has 1 aromatic carbocycles. The third-order valence-corrected chi connectivity index (χ3v) is 5.02. The molecule has 8 nitrogen and oxygen atoms in total. The Morgan fingerprint density at radius 2 is 1.83 bits per heavy atom. The lowest BCUT2D eigenvalue weighted by Crippen LogP contribution is -2.46. The summed E-state index contributed by atoms with van der Waals surface area (Å²) >= 11 is 0. The van der Waals surface area contributed by atoms with E-state index >= 15 is 0 Å². The van der Waals surface area contributed by atoms with E-state index in [1.165, 1.54) is 5.56 Å². The van der Waals surface area contributed by atoms with Gasteiger partial charge in [0.2, 0.25) is 5.82 Å². The van der Waals surface area contributed by atoms with Crippen LogP contribution in [0.15, 0.2) is 58.0 Å². The first kappa shape index (κ1) is 19.4. The molecule has 1 fully saturated rings. The molecule has 4 rings (SSSR count). The second-order valence-electron chi connectivity index (χ2n) is 7.13. The minimum atomic E-state index is -0.594. The highest BCUT2D eigenvalue weighted by atomic mass is 16.5. The van der Waals surface area contributed by atoms with Gasteiger partial charge in [-0.3, -0.25) is 14.4 Å². The summed E-state index contributed by atoms with van der Waals surface area (Å²) in [5, 5.41) is 3.62. The predicted molar refractivity (Wildman–Crippen MR) is 109 cm³/mol. The molecule has 0 bridgehead atoms. The van der Waals surface area contributed by atoms with Crippen LogP contribution in [0.4, 0.5) is 0 Å². The van der Waals surface area contributed by atoms with Gasteiger partial charge >= 0.3 is 5.76 Å². The van der Waals surface area contributed by atoms with Crippen molar-refractivity contribution in [2.24, 2.45) is 0 Å². The van der Waals surface area contributed by atoms with Gasteiger partial charge in [-0.05, 0) is 24.1 Å². The number of aromatic nitrogens is 3. The second kappa shape index (κ2) is 9.49. The molecule has 3 aromatic rings. The van der Waals surface area contributed by atoms with Crippen molar-refractivity contribution in [2.75, 3.05) is 39.3 Å². The van der Waals surface area contributed by atoms with Crippen LogP contribution in [0.2, 0.25) is 0 Å². The number of benzene rings is 1. The van der Waals surface area contributed by atoms with Crippen LogP contribution in [0, 0.1) is 0 Å². The van der Waals surface area contributed by atoms with Gasteiger partial charge < -0.3 is 9.64 Å². The lowest BCUT2D eigenvalue weighted by molar-refractivity contribution is 0.121. The van der Waals surface area contributed by atoms with Gasteiger partial charge in [-0.1, -0.05) is 35.5 Å². The summed E-state index contributed by atoms with van der Waals surface area (Å²) in [6.45, 7) is 7.11. The first-order valence-electron chi connectivity index (χ1n) is 9.90. The van der Waals surface area contributed by atoms with Crippen LogP contribution in [-0.4, -0.2) is 64.3 Å². The number of hydrogen-bond acceptors (Lipinski definition) is 7. The smallest absolute Gasteiger partial charge is 0.439 e. The van der Waals surface area contributed by atoms with Crippen LogP contribution in [-0.2, 0) is 6.54 Å². The van der Waals surface area contributed by atoms with Crippen molar-refractivity contribution in [1.82, 2.24) is 24.9 Å². The van der Waals surface area contributed by atoms with E-state index in [1.807, 2.05) is 6.07 Å². The fourth-order valence-corrected chi connectivity index (χ4v) is 3.44. The Hall–Kier alpha value is -2.97. The molecule has 29 heavy (non-hydrogen) atoms. The molecule has 8 heteroatoms. The molecule has 1 aliphatic rings. The largest absolute Gasteiger partial charge is 0.492 e. The highest BCUT2D eigenvalue weighted by Gasteiger charge is 2.16. The molecule has 1 saturated heterocycles. The van der Waals surface area contributed by atoms with E-state index in [9.17, 15) is 4.79 Å². The molecule has 0 atom stereocenters. The maximum absolute atomic E-state index is 11.0. The van der Waals surface area contributed by atoms with E-state index in [4.69, 9.17) is 4.74 Å². The van der Waals surface area contributed by atoms with E-state index in [-0.39, 0.29) is 0 Å². The van der Waals surface area contributed by atoms with Gasteiger partial charge in [-0.15, -0.1) is 0 Å². The van der Waals surface area contributed by atoms with E-state index < -0.39 is 5.76 Å². The maximum atomic E-state index is 11.0. The third-order valence-electron chi connectivity index (χ3n) is 5.02. The molecule has 3 heterocycles. The number of ether oxygens (including phenoxy) is 1. The number of rotatable bonds is 8. The summed E-state index contributed by atoms with van der Waals surface area (Å²) in [7, 11) is 0.